The van der Waals surface area contributed by atoms with E-state index in [4.69, 9.17) is 4.74 Å². The van der Waals surface area contributed by atoms with Gasteiger partial charge in [0, 0.05) is 13.7 Å². The van der Waals surface area contributed by atoms with Crippen molar-refractivity contribution in [2.24, 2.45) is 5.41 Å². The third-order valence-electron chi connectivity index (χ3n) is 2.43. The van der Waals surface area contributed by atoms with Crippen molar-refractivity contribution >= 4 is 5.91 Å². The number of hydrogen-bond acceptors (Lipinski definition) is 5. The molecule has 0 unspecified atom stereocenters. The molecule has 0 radical (unpaired) electrons. The summed E-state index contributed by atoms with van der Waals surface area (Å²) in [6.07, 6.45) is 1.37. The number of carbonyl (C=O) groups excluding carboxylic acids is 1. The van der Waals surface area contributed by atoms with Crippen molar-refractivity contribution in [2.75, 3.05) is 13.7 Å². The Bertz CT molecular complexity index is 344. The third kappa shape index (κ3) is 4.48. The summed E-state index contributed by atoms with van der Waals surface area (Å²) in [7, 11) is 1.64. The molecule has 0 spiro atoms. The largest absolute Gasteiger partial charge is 0.379 e. The van der Waals surface area contributed by atoms with Gasteiger partial charge < -0.3 is 10.1 Å². The number of methoxy groups -OCH3 is 1. The molecule has 0 fully saturated rings. The maximum atomic E-state index is 11.6. The summed E-state index contributed by atoms with van der Waals surface area (Å²) in [5, 5.41) is 13.3. The number of aromatic nitrogens is 4. The zero-order valence-electron chi connectivity index (χ0n) is 10.7. The molecule has 0 bridgehead atoms. The van der Waals surface area contributed by atoms with Gasteiger partial charge in [-0.15, -0.1) is 5.10 Å². The Morgan fingerprint density at radius 3 is 2.71 bits per heavy atom. The molecule has 0 saturated heterocycles. The third-order valence-corrected chi connectivity index (χ3v) is 2.43. The number of ether oxygens (including phenoxy) is 1. The molecular weight excluding hydrogens is 222 g/mol. The molecule has 1 aromatic heterocycles. The van der Waals surface area contributed by atoms with E-state index < -0.39 is 0 Å². The fourth-order valence-electron chi connectivity index (χ4n) is 1.41. The van der Waals surface area contributed by atoms with Crippen molar-refractivity contribution in [3.63, 3.8) is 0 Å². The van der Waals surface area contributed by atoms with Crippen LogP contribution in [0, 0.1) is 5.41 Å². The average molecular weight is 241 g/mol. The minimum atomic E-state index is -0.136. The van der Waals surface area contributed by atoms with Crippen molar-refractivity contribution in [3.8, 4) is 0 Å². The lowest BCUT2D eigenvalue weighted by molar-refractivity contribution is -0.122. The second kappa shape index (κ2) is 5.72. The lowest BCUT2D eigenvalue weighted by atomic mass is 9.89. The second-order valence-electron chi connectivity index (χ2n) is 4.90. The van der Waals surface area contributed by atoms with Gasteiger partial charge in [0.2, 0.25) is 5.91 Å². The first-order chi connectivity index (χ1) is 7.93. The Labute approximate surface area is 101 Å². The number of rotatable bonds is 5. The number of hydrogen-bond donors (Lipinski definition) is 1. The van der Waals surface area contributed by atoms with Crippen LogP contribution in [0.5, 0.6) is 0 Å². The predicted octanol–water partition coefficient (Wildman–Crippen LogP) is -0.150. The summed E-state index contributed by atoms with van der Waals surface area (Å²) in [5.74, 6) is -0.136. The molecule has 0 aromatic carbocycles. The van der Waals surface area contributed by atoms with Crippen molar-refractivity contribution in [3.05, 3.63) is 6.33 Å². The first kappa shape index (κ1) is 13.6. The van der Waals surface area contributed by atoms with E-state index in [1.54, 1.807) is 7.11 Å². The zero-order valence-corrected chi connectivity index (χ0v) is 10.7. The summed E-state index contributed by atoms with van der Waals surface area (Å²) in [5.41, 5.74) is -0.0170. The lowest BCUT2D eigenvalue weighted by Gasteiger charge is -2.29. The van der Waals surface area contributed by atoms with Crippen molar-refractivity contribution in [1.82, 2.24) is 25.5 Å². The van der Waals surface area contributed by atoms with E-state index in [9.17, 15) is 4.79 Å². The van der Waals surface area contributed by atoms with Gasteiger partial charge in [0.25, 0.3) is 0 Å². The number of nitrogens with zero attached hydrogens (tertiary/aromatic N) is 4. The summed E-state index contributed by atoms with van der Waals surface area (Å²) in [6.45, 7) is 6.78. The minimum Gasteiger partial charge on any atom is -0.379 e. The predicted molar refractivity (Wildman–Crippen MR) is 61.1 cm³/mol. The monoisotopic (exact) mass is 241 g/mol. The van der Waals surface area contributed by atoms with E-state index in [1.165, 1.54) is 11.0 Å². The van der Waals surface area contributed by atoms with E-state index in [0.29, 0.717) is 6.54 Å². The van der Waals surface area contributed by atoms with Crippen LogP contribution < -0.4 is 5.32 Å². The van der Waals surface area contributed by atoms with Crippen LogP contribution in [0.4, 0.5) is 0 Å². The van der Waals surface area contributed by atoms with Crippen LogP contribution in [0.25, 0.3) is 0 Å². The SMILES string of the molecule is CO[C@H](CNC(=O)Cn1cnnn1)C(C)(C)C. The van der Waals surface area contributed by atoms with Gasteiger partial charge >= 0.3 is 0 Å². The molecule has 1 N–H and O–H groups in total. The molecule has 96 valence electrons. The summed E-state index contributed by atoms with van der Waals surface area (Å²) < 4.78 is 6.71. The lowest BCUT2D eigenvalue weighted by Crippen LogP contribution is -2.41. The Kier molecular flexibility index (Phi) is 4.56. The van der Waals surface area contributed by atoms with Gasteiger partial charge in [0.1, 0.15) is 12.9 Å². The Hall–Kier alpha value is -1.50. The Balaban J connectivity index is 2.37. The number of tetrazole rings is 1. The molecule has 1 rings (SSSR count). The fourth-order valence-corrected chi connectivity index (χ4v) is 1.41. The van der Waals surface area contributed by atoms with E-state index in [0.717, 1.165) is 0 Å². The standard InChI is InChI=1S/C10H19N5O2/c1-10(2,3)8(17-4)5-11-9(16)6-15-7-12-13-14-15/h7-8H,5-6H2,1-4H3,(H,11,16)/t8-/m1/s1. The number of nitrogens with one attached hydrogen (secondary N) is 1. The molecule has 1 heterocycles. The molecule has 7 nitrogen and oxygen atoms in total. The van der Waals surface area contributed by atoms with Crippen LogP contribution in [0.2, 0.25) is 0 Å². The van der Waals surface area contributed by atoms with Crippen molar-refractivity contribution < 1.29 is 9.53 Å². The second-order valence-corrected chi connectivity index (χ2v) is 4.90. The Morgan fingerprint density at radius 1 is 1.53 bits per heavy atom. The Morgan fingerprint density at radius 2 is 2.24 bits per heavy atom. The molecule has 0 aliphatic heterocycles. The van der Waals surface area contributed by atoms with Crippen LogP contribution in [-0.2, 0) is 16.1 Å². The molecule has 1 atom stereocenters. The normalized spacial score (nSPS) is 13.4. The maximum Gasteiger partial charge on any atom is 0.241 e. The molecule has 1 amide bonds. The van der Waals surface area contributed by atoms with Gasteiger partial charge in [-0.2, -0.15) is 0 Å². The molecule has 0 saturated carbocycles. The number of carbonyl (C=O) groups is 1. The zero-order chi connectivity index (χ0) is 12.9. The van der Waals surface area contributed by atoms with E-state index >= 15 is 0 Å². The first-order valence-corrected chi connectivity index (χ1v) is 5.43. The van der Waals surface area contributed by atoms with Crippen LogP contribution in [0.3, 0.4) is 0 Å². The van der Waals surface area contributed by atoms with Gasteiger partial charge in [-0.25, -0.2) is 4.68 Å². The van der Waals surface area contributed by atoms with Crippen LogP contribution in [-0.4, -0.2) is 45.9 Å². The molecule has 0 aliphatic rings. The van der Waals surface area contributed by atoms with E-state index in [1.807, 2.05) is 0 Å². The molecule has 17 heavy (non-hydrogen) atoms. The first-order valence-electron chi connectivity index (χ1n) is 5.43. The van der Waals surface area contributed by atoms with Crippen LogP contribution in [0.15, 0.2) is 6.33 Å². The summed E-state index contributed by atoms with van der Waals surface area (Å²) in [4.78, 5) is 11.6. The quantitative estimate of drug-likeness (QED) is 0.775. The fraction of sp³-hybridized carbons (Fsp3) is 0.800. The van der Waals surface area contributed by atoms with Crippen LogP contribution in [0.1, 0.15) is 20.8 Å². The maximum absolute atomic E-state index is 11.6. The molecule has 0 aliphatic carbocycles. The van der Waals surface area contributed by atoms with E-state index in [2.05, 4.69) is 41.6 Å². The smallest absolute Gasteiger partial charge is 0.241 e. The molecule has 1 aromatic rings. The molecular formula is C10H19N5O2. The highest BCUT2D eigenvalue weighted by molar-refractivity contribution is 5.75. The highest BCUT2D eigenvalue weighted by atomic mass is 16.5. The highest BCUT2D eigenvalue weighted by Gasteiger charge is 2.24. The van der Waals surface area contributed by atoms with Crippen LogP contribution >= 0.6 is 0 Å². The highest BCUT2D eigenvalue weighted by Crippen LogP contribution is 2.20. The van der Waals surface area contributed by atoms with Gasteiger partial charge in [-0.05, 0) is 15.8 Å². The number of amides is 1. The summed E-state index contributed by atoms with van der Waals surface area (Å²) in [6, 6.07) is 0. The van der Waals surface area contributed by atoms with Gasteiger partial charge in [0.05, 0.1) is 6.10 Å². The van der Waals surface area contributed by atoms with Gasteiger partial charge in [0.15, 0.2) is 0 Å². The minimum absolute atomic E-state index is 0.0170. The topological polar surface area (TPSA) is 81.9 Å². The van der Waals surface area contributed by atoms with Crippen molar-refractivity contribution in [2.45, 2.75) is 33.4 Å². The summed E-state index contributed by atoms with van der Waals surface area (Å²) >= 11 is 0. The van der Waals surface area contributed by atoms with E-state index in [-0.39, 0.29) is 24.0 Å². The van der Waals surface area contributed by atoms with Gasteiger partial charge in [-0.3, -0.25) is 4.79 Å². The van der Waals surface area contributed by atoms with Gasteiger partial charge in [-0.1, -0.05) is 20.8 Å². The average Bonchev–Trinajstić information content (AvgIpc) is 2.69. The van der Waals surface area contributed by atoms with Crippen molar-refractivity contribution in [1.29, 1.82) is 0 Å². The molecule has 7 heteroatoms.